The zero-order chi connectivity index (χ0) is 15.5. The summed E-state index contributed by atoms with van der Waals surface area (Å²) in [6.45, 7) is 4.08. The Hall–Kier alpha value is -1.39. The van der Waals surface area contributed by atoms with Crippen LogP contribution in [-0.4, -0.2) is 17.4 Å². The second-order valence-electron chi connectivity index (χ2n) is 5.40. The molecule has 3 rings (SSSR count). The summed E-state index contributed by atoms with van der Waals surface area (Å²) in [6.07, 6.45) is 0. The Labute approximate surface area is 140 Å². The number of amides is 1. The molecule has 0 saturated carbocycles. The number of anilines is 1. The number of carbonyl (C=O) groups excluding carboxylic acids is 1. The SMILES string of the molecule is Cc1cccc(NC(=O)c2ccc(C3SCCS3)cc2)c1C. The second kappa shape index (κ2) is 6.80. The molecule has 1 fully saturated rings. The van der Waals surface area contributed by atoms with Crippen molar-refractivity contribution in [2.24, 2.45) is 0 Å². The van der Waals surface area contributed by atoms with E-state index in [4.69, 9.17) is 0 Å². The molecule has 22 heavy (non-hydrogen) atoms. The number of hydrogen-bond acceptors (Lipinski definition) is 3. The lowest BCUT2D eigenvalue weighted by molar-refractivity contribution is 0.102. The van der Waals surface area contributed by atoms with E-state index in [-0.39, 0.29) is 5.91 Å². The van der Waals surface area contributed by atoms with E-state index in [0.29, 0.717) is 10.1 Å². The summed E-state index contributed by atoms with van der Waals surface area (Å²) >= 11 is 3.96. The zero-order valence-corrected chi connectivity index (χ0v) is 14.4. The van der Waals surface area contributed by atoms with E-state index in [9.17, 15) is 4.79 Å². The van der Waals surface area contributed by atoms with Crippen LogP contribution in [0.15, 0.2) is 42.5 Å². The van der Waals surface area contributed by atoms with E-state index < -0.39 is 0 Å². The van der Waals surface area contributed by atoms with Crippen LogP contribution in [0.25, 0.3) is 0 Å². The molecule has 1 saturated heterocycles. The maximum atomic E-state index is 12.4. The molecule has 0 radical (unpaired) electrons. The lowest BCUT2D eigenvalue weighted by atomic mass is 10.1. The van der Waals surface area contributed by atoms with Gasteiger partial charge in [0.15, 0.2) is 0 Å². The topological polar surface area (TPSA) is 29.1 Å². The molecule has 0 aromatic heterocycles. The first kappa shape index (κ1) is 15.5. The molecule has 0 atom stereocenters. The maximum Gasteiger partial charge on any atom is 0.255 e. The highest BCUT2D eigenvalue weighted by molar-refractivity contribution is 8.19. The van der Waals surface area contributed by atoms with Crippen LogP contribution in [0.3, 0.4) is 0 Å². The number of thioether (sulfide) groups is 2. The molecule has 1 amide bonds. The van der Waals surface area contributed by atoms with Crippen molar-refractivity contribution < 1.29 is 4.79 Å². The molecule has 1 N–H and O–H groups in total. The number of carbonyl (C=O) groups is 1. The molecule has 1 aliphatic rings. The Bertz CT molecular complexity index is 676. The summed E-state index contributed by atoms with van der Waals surface area (Å²) in [5, 5.41) is 3.01. The van der Waals surface area contributed by atoms with Gasteiger partial charge in [0.1, 0.15) is 0 Å². The van der Waals surface area contributed by atoms with Crippen LogP contribution in [-0.2, 0) is 0 Å². The van der Waals surface area contributed by atoms with Crippen LogP contribution in [0, 0.1) is 13.8 Å². The lowest BCUT2D eigenvalue weighted by Crippen LogP contribution is -2.13. The predicted molar refractivity (Wildman–Crippen MR) is 98.0 cm³/mol. The second-order valence-corrected chi connectivity index (χ2v) is 8.12. The number of benzene rings is 2. The molecule has 114 valence electrons. The van der Waals surface area contributed by atoms with Crippen LogP contribution in [0.2, 0.25) is 0 Å². The van der Waals surface area contributed by atoms with Gasteiger partial charge in [-0.3, -0.25) is 4.79 Å². The van der Waals surface area contributed by atoms with Crippen LogP contribution in [0.1, 0.15) is 31.6 Å². The fourth-order valence-electron chi connectivity index (χ4n) is 2.42. The molecule has 4 heteroatoms. The van der Waals surface area contributed by atoms with E-state index in [2.05, 4.69) is 30.4 Å². The summed E-state index contributed by atoms with van der Waals surface area (Å²) in [5.74, 6) is 2.38. The molecule has 0 bridgehead atoms. The van der Waals surface area contributed by atoms with Gasteiger partial charge in [-0.05, 0) is 48.7 Å². The molecule has 0 aliphatic carbocycles. The third-order valence-corrected chi connectivity index (χ3v) is 7.02. The number of aryl methyl sites for hydroxylation is 1. The Morgan fingerprint density at radius 3 is 2.41 bits per heavy atom. The summed E-state index contributed by atoms with van der Waals surface area (Å²) in [6, 6.07) is 14.0. The molecule has 2 aromatic carbocycles. The van der Waals surface area contributed by atoms with Gasteiger partial charge in [-0.15, -0.1) is 23.5 Å². The standard InChI is InChI=1S/C18H19NOS2/c1-12-4-3-5-16(13(12)2)19-17(20)14-6-8-15(9-7-14)18-21-10-11-22-18/h3-9,18H,10-11H2,1-2H3,(H,19,20). The van der Waals surface area contributed by atoms with Crippen molar-refractivity contribution in [1.82, 2.24) is 0 Å². The van der Waals surface area contributed by atoms with Crippen molar-refractivity contribution in [2.45, 2.75) is 18.4 Å². The van der Waals surface area contributed by atoms with E-state index in [1.165, 1.54) is 22.6 Å². The number of rotatable bonds is 3. The van der Waals surface area contributed by atoms with Crippen LogP contribution >= 0.6 is 23.5 Å². The molecule has 2 aromatic rings. The van der Waals surface area contributed by atoms with Gasteiger partial charge in [0.2, 0.25) is 0 Å². The van der Waals surface area contributed by atoms with Crippen molar-refractivity contribution in [3.05, 3.63) is 64.7 Å². The van der Waals surface area contributed by atoms with Gasteiger partial charge in [0, 0.05) is 22.8 Å². The predicted octanol–water partition coefficient (Wildman–Crippen LogP) is 5.03. The summed E-state index contributed by atoms with van der Waals surface area (Å²) < 4.78 is 0.524. The lowest BCUT2D eigenvalue weighted by Gasteiger charge is -2.12. The van der Waals surface area contributed by atoms with Gasteiger partial charge in [0.05, 0.1) is 4.58 Å². The first-order valence-corrected chi connectivity index (χ1v) is 9.45. The normalized spacial score (nSPS) is 15.0. The van der Waals surface area contributed by atoms with Gasteiger partial charge in [0.25, 0.3) is 5.91 Å². The Balaban J connectivity index is 1.73. The van der Waals surface area contributed by atoms with Crippen molar-refractivity contribution in [3.8, 4) is 0 Å². The quantitative estimate of drug-likeness (QED) is 0.856. The van der Waals surface area contributed by atoms with Gasteiger partial charge < -0.3 is 5.32 Å². The molecule has 1 heterocycles. The molecule has 0 unspecified atom stereocenters. The molecule has 0 spiro atoms. The first-order chi connectivity index (χ1) is 10.6. The number of nitrogens with one attached hydrogen (secondary N) is 1. The minimum absolute atomic E-state index is 0.0491. The van der Waals surface area contributed by atoms with Gasteiger partial charge in [-0.2, -0.15) is 0 Å². The monoisotopic (exact) mass is 329 g/mol. The minimum atomic E-state index is -0.0491. The fraction of sp³-hybridized carbons (Fsp3) is 0.278. The number of hydrogen-bond donors (Lipinski definition) is 1. The highest BCUT2D eigenvalue weighted by Crippen LogP contribution is 2.45. The van der Waals surface area contributed by atoms with E-state index in [1.54, 1.807) is 0 Å². The third kappa shape index (κ3) is 3.33. The smallest absolute Gasteiger partial charge is 0.255 e. The average Bonchev–Trinajstić information content (AvgIpc) is 3.06. The summed E-state index contributed by atoms with van der Waals surface area (Å²) in [5.41, 5.74) is 5.19. The maximum absolute atomic E-state index is 12.4. The highest BCUT2D eigenvalue weighted by Gasteiger charge is 2.18. The van der Waals surface area contributed by atoms with Crippen LogP contribution < -0.4 is 5.32 Å². The van der Waals surface area contributed by atoms with Crippen molar-refractivity contribution in [1.29, 1.82) is 0 Å². The average molecular weight is 329 g/mol. The fourth-order valence-corrected chi connectivity index (χ4v) is 5.28. The summed E-state index contributed by atoms with van der Waals surface area (Å²) in [7, 11) is 0. The molecular weight excluding hydrogens is 310 g/mol. The van der Waals surface area contributed by atoms with Crippen LogP contribution in [0.4, 0.5) is 5.69 Å². The van der Waals surface area contributed by atoms with E-state index in [1.807, 2.05) is 54.7 Å². The zero-order valence-electron chi connectivity index (χ0n) is 12.8. The molecule has 2 nitrogen and oxygen atoms in total. The van der Waals surface area contributed by atoms with Crippen molar-refractivity contribution in [2.75, 3.05) is 16.8 Å². The Morgan fingerprint density at radius 2 is 1.73 bits per heavy atom. The molecular formula is C18H19NOS2. The van der Waals surface area contributed by atoms with Gasteiger partial charge in [-0.1, -0.05) is 24.3 Å². The molecule has 1 aliphatic heterocycles. The minimum Gasteiger partial charge on any atom is -0.322 e. The largest absolute Gasteiger partial charge is 0.322 e. The van der Waals surface area contributed by atoms with Gasteiger partial charge >= 0.3 is 0 Å². The van der Waals surface area contributed by atoms with E-state index in [0.717, 1.165) is 11.3 Å². The van der Waals surface area contributed by atoms with Gasteiger partial charge in [-0.25, -0.2) is 0 Å². The summed E-state index contributed by atoms with van der Waals surface area (Å²) in [4.78, 5) is 12.4. The van der Waals surface area contributed by atoms with Crippen LogP contribution in [0.5, 0.6) is 0 Å². The highest BCUT2D eigenvalue weighted by atomic mass is 32.2. The van der Waals surface area contributed by atoms with E-state index >= 15 is 0 Å². The Morgan fingerprint density at radius 1 is 1.05 bits per heavy atom. The Kier molecular flexibility index (Phi) is 4.79. The first-order valence-electron chi connectivity index (χ1n) is 7.36. The van der Waals surface area contributed by atoms with Crippen molar-refractivity contribution in [3.63, 3.8) is 0 Å². The van der Waals surface area contributed by atoms with Crippen molar-refractivity contribution >= 4 is 35.1 Å². The third-order valence-electron chi connectivity index (χ3n) is 3.92.